The first-order valence-electron chi connectivity index (χ1n) is 12.8. The molecule has 0 unspecified atom stereocenters. The molecule has 0 radical (unpaired) electrons. The normalized spacial score (nSPS) is 11.2. The van der Waals surface area contributed by atoms with E-state index >= 15 is 0 Å². The van der Waals surface area contributed by atoms with Crippen LogP contribution >= 0.6 is 0 Å². The summed E-state index contributed by atoms with van der Waals surface area (Å²) in [7, 11) is 0. The summed E-state index contributed by atoms with van der Waals surface area (Å²) in [5, 5.41) is 0. The van der Waals surface area contributed by atoms with Gasteiger partial charge in [0.05, 0.1) is 24.3 Å². The number of carbonyl (C=O) groups is 2. The third-order valence-electron chi connectivity index (χ3n) is 5.69. The van der Waals surface area contributed by atoms with E-state index in [1.807, 2.05) is 12.1 Å². The zero-order chi connectivity index (χ0) is 23.8. The standard InChI is InChI=1S/C28H46O4/c1-6-7-17-24-18-14-19-25(27(29)31-20-12-8-10-15-22(2)3)26(24)28(30)32-21-13-9-11-16-23(4)5/h14,18-19,22-23H,6-13,15-17,20-21H2,1-5H3. The fraction of sp³-hybridized carbons (Fsp3) is 0.714. The Bertz CT molecular complexity index is 663. The van der Waals surface area contributed by atoms with Gasteiger partial charge in [-0.25, -0.2) is 9.59 Å². The Hall–Kier alpha value is -1.84. The van der Waals surface area contributed by atoms with Crippen LogP contribution in [-0.2, 0) is 15.9 Å². The van der Waals surface area contributed by atoms with Crippen molar-refractivity contribution in [2.45, 2.75) is 105 Å². The average molecular weight is 447 g/mol. The van der Waals surface area contributed by atoms with E-state index in [2.05, 4.69) is 34.6 Å². The minimum atomic E-state index is -0.420. The molecule has 0 saturated carbocycles. The number of rotatable bonds is 17. The van der Waals surface area contributed by atoms with E-state index in [0.29, 0.717) is 36.2 Å². The lowest BCUT2D eigenvalue weighted by molar-refractivity contribution is 0.0449. The molecule has 1 rings (SSSR count). The zero-order valence-electron chi connectivity index (χ0n) is 21.2. The summed E-state index contributed by atoms with van der Waals surface area (Å²) in [4.78, 5) is 25.7. The van der Waals surface area contributed by atoms with Gasteiger partial charge in [-0.2, -0.15) is 0 Å². The maximum absolute atomic E-state index is 12.9. The minimum Gasteiger partial charge on any atom is -0.462 e. The Morgan fingerprint density at radius 2 is 1.31 bits per heavy atom. The van der Waals surface area contributed by atoms with E-state index in [0.717, 1.165) is 63.4 Å². The number of benzene rings is 1. The molecule has 0 N–H and O–H groups in total. The molecule has 0 atom stereocenters. The van der Waals surface area contributed by atoms with E-state index in [-0.39, 0.29) is 0 Å². The lowest BCUT2D eigenvalue weighted by Gasteiger charge is -2.14. The van der Waals surface area contributed by atoms with Crippen LogP contribution < -0.4 is 0 Å². The van der Waals surface area contributed by atoms with Crippen LogP contribution in [0.25, 0.3) is 0 Å². The summed E-state index contributed by atoms with van der Waals surface area (Å²) in [6.45, 7) is 11.8. The van der Waals surface area contributed by atoms with Crippen LogP contribution in [0.3, 0.4) is 0 Å². The maximum atomic E-state index is 12.9. The zero-order valence-corrected chi connectivity index (χ0v) is 21.2. The van der Waals surface area contributed by atoms with Crippen molar-refractivity contribution in [2.75, 3.05) is 13.2 Å². The smallest absolute Gasteiger partial charge is 0.339 e. The molecule has 32 heavy (non-hydrogen) atoms. The van der Waals surface area contributed by atoms with Gasteiger partial charge in [-0.05, 0) is 49.1 Å². The Morgan fingerprint density at radius 1 is 0.750 bits per heavy atom. The number of hydrogen-bond acceptors (Lipinski definition) is 4. The van der Waals surface area contributed by atoms with Crippen LogP contribution in [0.15, 0.2) is 18.2 Å². The summed E-state index contributed by atoms with van der Waals surface area (Å²) < 4.78 is 11.1. The van der Waals surface area contributed by atoms with Gasteiger partial charge in [0.1, 0.15) is 0 Å². The molecule has 182 valence electrons. The summed E-state index contributed by atoms with van der Waals surface area (Å²) in [6, 6.07) is 5.46. The SMILES string of the molecule is CCCCc1cccc(C(=O)OCCCCCC(C)C)c1C(=O)OCCCCCC(C)C. The molecule has 0 aliphatic rings. The number of carbonyl (C=O) groups excluding carboxylic acids is 2. The van der Waals surface area contributed by atoms with E-state index < -0.39 is 11.9 Å². The maximum Gasteiger partial charge on any atom is 0.339 e. The predicted molar refractivity (Wildman–Crippen MR) is 132 cm³/mol. The lowest BCUT2D eigenvalue weighted by Crippen LogP contribution is -2.17. The quantitative estimate of drug-likeness (QED) is 0.181. The van der Waals surface area contributed by atoms with E-state index in [9.17, 15) is 9.59 Å². The van der Waals surface area contributed by atoms with Crippen LogP contribution in [-0.4, -0.2) is 25.2 Å². The van der Waals surface area contributed by atoms with Crippen LogP contribution in [0.5, 0.6) is 0 Å². The van der Waals surface area contributed by atoms with Gasteiger partial charge in [-0.1, -0.05) is 91.7 Å². The number of esters is 2. The molecule has 0 spiro atoms. The number of aryl methyl sites for hydroxylation is 1. The topological polar surface area (TPSA) is 52.6 Å². The van der Waals surface area contributed by atoms with Gasteiger partial charge >= 0.3 is 11.9 Å². The summed E-state index contributed by atoms with van der Waals surface area (Å²) >= 11 is 0. The Labute approximate surface area is 196 Å². The molecule has 4 heteroatoms. The molecule has 0 amide bonds. The molecule has 0 aliphatic heterocycles. The Balaban J connectivity index is 2.70. The highest BCUT2D eigenvalue weighted by molar-refractivity contribution is 6.04. The Morgan fingerprint density at radius 3 is 1.84 bits per heavy atom. The number of hydrogen-bond donors (Lipinski definition) is 0. The van der Waals surface area contributed by atoms with E-state index in [1.54, 1.807) is 6.07 Å². The third-order valence-corrected chi connectivity index (χ3v) is 5.69. The predicted octanol–water partition coefficient (Wildman–Crippen LogP) is 7.78. The molecule has 0 fully saturated rings. The summed E-state index contributed by atoms with van der Waals surface area (Å²) in [5.41, 5.74) is 1.61. The van der Waals surface area contributed by atoms with Crippen LogP contribution in [0, 0.1) is 11.8 Å². The van der Waals surface area contributed by atoms with E-state index in [4.69, 9.17) is 9.47 Å². The highest BCUT2D eigenvalue weighted by Gasteiger charge is 2.23. The number of ether oxygens (including phenoxy) is 2. The van der Waals surface area contributed by atoms with Crippen molar-refractivity contribution in [3.8, 4) is 0 Å². The van der Waals surface area contributed by atoms with Crippen LogP contribution in [0.2, 0.25) is 0 Å². The average Bonchev–Trinajstić information content (AvgIpc) is 2.75. The van der Waals surface area contributed by atoms with Gasteiger partial charge in [0.2, 0.25) is 0 Å². The lowest BCUT2D eigenvalue weighted by atomic mass is 9.97. The second-order valence-corrected chi connectivity index (χ2v) is 9.70. The summed E-state index contributed by atoms with van der Waals surface area (Å²) in [6.07, 6.45) is 11.2. The molecule has 4 nitrogen and oxygen atoms in total. The fourth-order valence-electron chi connectivity index (χ4n) is 3.73. The molecule has 1 aromatic carbocycles. The van der Waals surface area contributed by atoms with Crippen molar-refractivity contribution in [3.05, 3.63) is 34.9 Å². The molecule has 0 aliphatic carbocycles. The van der Waals surface area contributed by atoms with Gasteiger partial charge in [-0.15, -0.1) is 0 Å². The second-order valence-electron chi connectivity index (χ2n) is 9.70. The largest absolute Gasteiger partial charge is 0.462 e. The van der Waals surface area contributed by atoms with Crippen molar-refractivity contribution in [3.63, 3.8) is 0 Å². The van der Waals surface area contributed by atoms with Gasteiger partial charge < -0.3 is 9.47 Å². The highest BCUT2D eigenvalue weighted by atomic mass is 16.5. The van der Waals surface area contributed by atoms with Gasteiger partial charge in [0.25, 0.3) is 0 Å². The molecular weight excluding hydrogens is 400 g/mol. The molecule has 0 heterocycles. The van der Waals surface area contributed by atoms with Crippen molar-refractivity contribution in [1.82, 2.24) is 0 Å². The number of unbranched alkanes of at least 4 members (excludes halogenated alkanes) is 5. The van der Waals surface area contributed by atoms with Crippen LogP contribution in [0.4, 0.5) is 0 Å². The summed E-state index contributed by atoms with van der Waals surface area (Å²) in [5.74, 6) is 0.583. The van der Waals surface area contributed by atoms with Crippen molar-refractivity contribution >= 4 is 11.9 Å². The molecule has 0 aromatic heterocycles. The van der Waals surface area contributed by atoms with Crippen molar-refractivity contribution in [1.29, 1.82) is 0 Å². The monoisotopic (exact) mass is 446 g/mol. The highest BCUT2D eigenvalue weighted by Crippen LogP contribution is 2.21. The fourth-order valence-corrected chi connectivity index (χ4v) is 3.73. The first kappa shape index (κ1) is 28.2. The molecule has 0 saturated heterocycles. The first-order valence-corrected chi connectivity index (χ1v) is 12.8. The first-order chi connectivity index (χ1) is 15.4. The minimum absolute atomic E-state index is 0.339. The van der Waals surface area contributed by atoms with E-state index in [1.165, 1.54) is 12.8 Å². The van der Waals surface area contributed by atoms with Gasteiger partial charge in [0, 0.05) is 0 Å². The van der Waals surface area contributed by atoms with Gasteiger partial charge in [-0.3, -0.25) is 0 Å². The molecule has 0 bridgehead atoms. The Kier molecular flexibility index (Phi) is 14.8. The van der Waals surface area contributed by atoms with Crippen molar-refractivity contribution < 1.29 is 19.1 Å². The van der Waals surface area contributed by atoms with Crippen molar-refractivity contribution in [2.24, 2.45) is 11.8 Å². The third kappa shape index (κ3) is 11.7. The second kappa shape index (κ2) is 16.7. The molecule has 1 aromatic rings. The van der Waals surface area contributed by atoms with Gasteiger partial charge in [0.15, 0.2) is 0 Å². The van der Waals surface area contributed by atoms with Crippen LogP contribution in [0.1, 0.15) is 125 Å². The molecular formula is C28H46O4.